The summed E-state index contributed by atoms with van der Waals surface area (Å²) in [5, 5.41) is 2.99. The van der Waals surface area contributed by atoms with Crippen molar-refractivity contribution in [2.24, 2.45) is 11.1 Å². The molecule has 4 nitrogen and oxygen atoms in total. The Morgan fingerprint density at radius 3 is 2.53 bits per heavy atom. The predicted octanol–water partition coefficient (Wildman–Crippen LogP) is 1.73. The van der Waals surface area contributed by atoms with Crippen molar-refractivity contribution < 1.29 is 9.53 Å². The van der Waals surface area contributed by atoms with E-state index in [4.69, 9.17) is 10.5 Å². The van der Waals surface area contributed by atoms with Gasteiger partial charge in [-0.25, -0.2) is 0 Å². The van der Waals surface area contributed by atoms with Crippen LogP contribution in [0.5, 0.6) is 5.75 Å². The Bertz CT molecular complexity index is 424. The lowest BCUT2D eigenvalue weighted by atomic mass is 9.86. The number of nitrogens with two attached hydrogens (primary N) is 1. The monoisotopic (exact) mass is 264 g/mol. The number of benzene rings is 1. The first-order valence-corrected chi connectivity index (χ1v) is 6.49. The topological polar surface area (TPSA) is 64.3 Å². The summed E-state index contributed by atoms with van der Waals surface area (Å²) in [5.41, 5.74) is 6.55. The van der Waals surface area contributed by atoms with Gasteiger partial charge in [-0.3, -0.25) is 4.79 Å². The molecule has 4 heteroatoms. The van der Waals surface area contributed by atoms with Gasteiger partial charge in [-0.15, -0.1) is 0 Å². The summed E-state index contributed by atoms with van der Waals surface area (Å²) in [7, 11) is 1.61. The first kappa shape index (κ1) is 15.5. The molecule has 0 bridgehead atoms. The number of rotatable bonds is 5. The van der Waals surface area contributed by atoms with Gasteiger partial charge >= 0.3 is 0 Å². The normalized spacial score (nSPS) is 12.9. The second-order valence-corrected chi connectivity index (χ2v) is 5.71. The standard InChI is InChI=1S/C15H24N2O2/c1-15(2,3)13(10-16)17-14(18)9-11-7-5-6-8-12(11)19-4/h5-8,13H,9-10,16H2,1-4H3,(H,17,18). The van der Waals surface area contributed by atoms with Crippen molar-refractivity contribution in [1.82, 2.24) is 5.32 Å². The molecule has 1 aromatic rings. The van der Waals surface area contributed by atoms with Gasteiger partial charge in [-0.1, -0.05) is 39.0 Å². The highest BCUT2D eigenvalue weighted by Crippen LogP contribution is 2.20. The van der Waals surface area contributed by atoms with Crippen LogP contribution in [0.1, 0.15) is 26.3 Å². The Balaban J connectivity index is 2.70. The number of nitrogens with one attached hydrogen (secondary N) is 1. The molecule has 1 unspecified atom stereocenters. The van der Waals surface area contributed by atoms with Crippen LogP contribution in [0.25, 0.3) is 0 Å². The zero-order valence-corrected chi connectivity index (χ0v) is 12.2. The minimum absolute atomic E-state index is 0.0325. The third-order valence-corrected chi connectivity index (χ3v) is 3.16. The molecule has 1 rings (SSSR count). The SMILES string of the molecule is COc1ccccc1CC(=O)NC(CN)C(C)(C)C. The van der Waals surface area contributed by atoms with Crippen LogP contribution >= 0.6 is 0 Å². The molecule has 0 saturated carbocycles. The fourth-order valence-electron chi connectivity index (χ4n) is 1.90. The molecule has 1 aromatic carbocycles. The Morgan fingerprint density at radius 2 is 2.00 bits per heavy atom. The number of carbonyl (C=O) groups is 1. The molecule has 106 valence electrons. The maximum Gasteiger partial charge on any atom is 0.224 e. The molecule has 3 N–H and O–H groups in total. The first-order valence-electron chi connectivity index (χ1n) is 6.49. The Hall–Kier alpha value is -1.55. The molecule has 0 aromatic heterocycles. The molecule has 0 spiro atoms. The van der Waals surface area contributed by atoms with E-state index in [1.807, 2.05) is 24.3 Å². The summed E-state index contributed by atoms with van der Waals surface area (Å²) in [6.45, 7) is 6.62. The van der Waals surface area contributed by atoms with E-state index in [2.05, 4.69) is 26.1 Å². The molecule has 0 aliphatic rings. The number of amides is 1. The largest absolute Gasteiger partial charge is 0.496 e. The van der Waals surface area contributed by atoms with Gasteiger partial charge in [-0.05, 0) is 11.5 Å². The summed E-state index contributed by atoms with van der Waals surface area (Å²) in [5.74, 6) is 0.701. The van der Waals surface area contributed by atoms with Crippen LogP contribution in [0.3, 0.4) is 0 Å². The van der Waals surface area contributed by atoms with E-state index in [0.717, 1.165) is 11.3 Å². The van der Waals surface area contributed by atoms with Crippen LogP contribution in [0.4, 0.5) is 0 Å². The Kier molecular flexibility index (Phi) is 5.36. The highest BCUT2D eigenvalue weighted by atomic mass is 16.5. The van der Waals surface area contributed by atoms with Crippen molar-refractivity contribution >= 4 is 5.91 Å². The van der Waals surface area contributed by atoms with Gasteiger partial charge in [-0.2, -0.15) is 0 Å². The molecule has 0 aliphatic carbocycles. The molecular weight excluding hydrogens is 240 g/mol. The van der Waals surface area contributed by atoms with E-state index < -0.39 is 0 Å². The number of para-hydroxylation sites is 1. The van der Waals surface area contributed by atoms with Crippen molar-refractivity contribution in [3.63, 3.8) is 0 Å². The van der Waals surface area contributed by atoms with Gasteiger partial charge in [0.05, 0.1) is 13.5 Å². The number of hydrogen-bond donors (Lipinski definition) is 2. The third-order valence-electron chi connectivity index (χ3n) is 3.16. The quantitative estimate of drug-likeness (QED) is 0.851. The Morgan fingerprint density at radius 1 is 1.37 bits per heavy atom. The molecule has 0 heterocycles. The second-order valence-electron chi connectivity index (χ2n) is 5.71. The van der Waals surface area contributed by atoms with Crippen LogP contribution in [0, 0.1) is 5.41 Å². The van der Waals surface area contributed by atoms with Gasteiger partial charge in [0, 0.05) is 18.2 Å². The molecule has 19 heavy (non-hydrogen) atoms. The summed E-state index contributed by atoms with van der Waals surface area (Å²) < 4.78 is 5.24. The summed E-state index contributed by atoms with van der Waals surface area (Å²) in [6.07, 6.45) is 0.302. The van der Waals surface area contributed by atoms with E-state index >= 15 is 0 Å². The predicted molar refractivity (Wildman–Crippen MR) is 77.1 cm³/mol. The number of carbonyl (C=O) groups excluding carboxylic acids is 1. The summed E-state index contributed by atoms with van der Waals surface area (Å²) >= 11 is 0. The molecule has 1 amide bonds. The molecule has 0 fully saturated rings. The molecule has 0 aliphatic heterocycles. The summed E-state index contributed by atoms with van der Waals surface area (Å²) in [4.78, 5) is 12.1. The van der Waals surface area contributed by atoms with Crippen molar-refractivity contribution in [2.45, 2.75) is 33.2 Å². The highest BCUT2D eigenvalue weighted by molar-refractivity contribution is 5.79. The van der Waals surface area contributed by atoms with Crippen molar-refractivity contribution in [3.8, 4) is 5.75 Å². The third kappa shape index (κ3) is 4.56. The number of methoxy groups -OCH3 is 1. The van der Waals surface area contributed by atoms with E-state index in [9.17, 15) is 4.79 Å². The van der Waals surface area contributed by atoms with E-state index in [-0.39, 0.29) is 17.4 Å². The summed E-state index contributed by atoms with van der Waals surface area (Å²) in [6, 6.07) is 7.50. The average molecular weight is 264 g/mol. The van der Waals surface area contributed by atoms with Crippen LogP contribution in [0.2, 0.25) is 0 Å². The zero-order valence-electron chi connectivity index (χ0n) is 12.2. The van der Waals surface area contributed by atoms with E-state index in [0.29, 0.717) is 13.0 Å². The van der Waals surface area contributed by atoms with E-state index in [1.165, 1.54) is 0 Å². The fourth-order valence-corrected chi connectivity index (χ4v) is 1.90. The Labute approximate surface area is 115 Å². The van der Waals surface area contributed by atoms with Crippen molar-refractivity contribution in [2.75, 3.05) is 13.7 Å². The van der Waals surface area contributed by atoms with Crippen LogP contribution in [0.15, 0.2) is 24.3 Å². The van der Waals surface area contributed by atoms with Gasteiger partial charge in [0.15, 0.2) is 0 Å². The number of hydrogen-bond acceptors (Lipinski definition) is 3. The van der Waals surface area contributed by atoms with Gasteiger partial charge < -0.3 is 15.8 Å². The lowest BCUT2D eigenvalue weighted by Crippen LogP contribution is -2.48. The van der Waals surface area contributed by atoms with Gasteiger partial charge in [0.25, 0.3) is 0 Å². The van der Waals surface area contributed by atoms with Crippen molar-refractivity contribution in [3.05, 3.63) is 29.8 Å². The minimum atomic E-state index is -0.0504. The van der Waals surface area contributed by atoms with Crippen LogP contribution in [-0.4, -0.2) is 25.6 Å². The molecule has 1 atom stereocenters. The van der Waals surface area contributed by atoms with Gasteiger partial charge in [0.1, 0.15) is 5.75 Å². The lowest BCUT2D eigenvalue weighted by molar-refractivity contribution is -0.121. The fraction of sp³-hybridized carbons (Fsp3) is 0.533. The highest BCUT2D eigenvalue weighted by Gasteiger charge is 2.24. The molecular formula is C15H24N2O2. The van der Waals surface area contributed by atoms with Crippen LogP contribution in [-0.2, 0) is 11.2 Å². The minimum Gasteiger partial charge on any atom is -0.496 e. The maximum absolute atomic E-state index is 12.1. The molecule has 0 saturated heterocycles. The number of ether oxygens (including phenoxy) is 1. The lowest BCUT2D eigenvalue weighted by Gasteiger charge is -2.30. The second kappa shape index (κ2) is 6.57. The van der Waals surface area contributed by atoms with Crippen molar-refractivity contribution in [1.29, 1.82) is 0 Å². The van der Waals surface area contributed by atoms with Gasteiger partial charge in [0.2, 0.25) is 5.91 Å². The van der Waals surface area contributed by atoms with E-state index in [1.54, 1.807) is 7.11 Å². The smallest absolute Gasteiger partial charge is 0.224 e. The first-order chi connectivity index (χ1) is 8.88. The van der Waals surface area contributed by atoms with Crippen LogP contribution < -0.4 is 15.8 Å². The average Bonchev–Trinajstić information content (AvgIpc) is 2.35. The molecule has 0 radical (unpaired) electrons. The maximum atomic E-state index is 12.1. The zero-order chi connectivity index (χ0) is 14.5.